The van der Waals surface area contributed by atoms with Gasteiger partial charge in [0.05, 0.1) is 0 Å². The number of amides is 1. The Labute approximate surface area is 117 Å². The number of nitrogens with two attached hydrogens (primary N) is 1. The van der Waals surface area contributed by atoms with Gasteiger partial charge in [0.25, 0.3) is 0 Å². The lowest BCUT2D eigenvalue weighted by Crippen LogP contribution is -2.46. The van der Waals surface area contributed by atoms with Crippen LogP contribution in [0.1, 0.15) is 44.9 Å². The van der Waals surface area contributed by atoms with Crippen LogP contribution < -0.4 is 5.73 Å². The number of carbonyl (C=O) groups excluding carboxylic acids is 1. The van der Waals surface area contributed by atoms with Crippen LogP contribution in [0.3, 0.4) is 0 Å². The monoisotopic (exact) mass is 267 g/mol. The van der Waals surface area contributed by atoms with Gasteiger partial charge in [-0.2, -0.15) is 0 Å². The molecule has 0 bridgehead atoms. The number of hydrogen-bond acceptors (Lipinski definition) is 3. The molecule has 110 valence electrons. The molecule has 1 heterocycles. The Bertz CT molecular complexity index is 289. The summed E-state index contributed by atoms with van der Waals surface area (Å²) in [6, 6.07) is 0.379. The highest BCUT2D eigenvalue weighted by atomic mass is 16.2. The van der Waals surface area contributed by atoms with E-state index in [2.05, 4.69) is 4.90 Å². The quantitative estimate of drug-likeness (QED) is 0.820. The van der Waals surface area contributed by atoms with Crippen molar-refractivity contribution in [1.82, 2.24) is 9.80 Å². The fourth-order valence-electron chi connectivity index (χ4n) is 3.59. The Morgan fingerprint density at radius 2 is 1.89 bits per heavy atom. The van der Waals surface area contributed by atoms with Crippen LogP contribution in [0.15, 0.2) is 0 Å². The standard InChI is InChI=1S/C15H29N3O/c1-17(14-7-3-2-6-13(14)12-16)15(19)8-11-18-9-4-5-10-18/h13-14H,2-12,16H2,1H3. The summed E-state index contributed by atoms with van der Waals surface area (Å²) in [6.45, 7) is 4.00. The van der Waals surface area contributed by atoms with Crippen molar-refractivity contribution in [3.63, 3.8) is 0 Å². The van der Waals surface area contributed by atoms with Crippen LogP contribution in [0.25, 0.3) is 0 Å². The molecule has 2 rings (SSSR count). The van der Waals surface area contributed by atoms with E-state index < -0.39 is 0 Å². The maximum Gasteiger partial charge on any atom is 0.223 e. The molecule has 0 aromatic rings. The zero-order valence-electron chi connectivity index (χ0n) is 12.3. The first kappa shape index (κ1) is 14.8. The Hall–Kier alpha value is -0.610. The fourth-order valence-corrected chi connectivity index (χ4v) is 3.59. The second-order valence-corrected chi connectivity index (χ2v) is 6.15. The van der Waals surface area contributed by atoms with E-state index in [1.165, 1.54) is 45.2 Å². The van der Waals surface area contributed by atoms with Crippen LogP contribution in [0.5, 0.6) is 0 Å². The first-order valence-electron chi connectivity index (χ1n) is 7.90. The van der Waals surface area contributed by atoms with Gasteiger partial charge in [0.1, 0.15) is 0 Å². The van der Waals surface area contributed by atoms with Crippen molar-refractivity contribution >= 4 is 5.91 Å². The second-order valence-electron chi connectivity index (χ2n) is 6.15. The lowest BCUT2D eigenvalue weighted by molar-refractivity contribution is -0.133. The predicted octanol–water partition coefficient (Wildman–Crippen LogP) is 1.45. The zero-order chi connectivity index (χ0) is 13.7. The Morgan fingerprint density at radius 3 is 2.58 bits per heavy atom. The van der Waals surface area contributed by atoms with Crippen LogP contribution in [0.4, 0.5) is 0 Å². The fraction of sp³-hybridized carbons (Fsp3) is 0.933. The molecule has 0 spiro atoms. The van der Waals surface area contributed by atoms with Crippen molar-refractivity contribution in [3.8, 4) is 0 Å². The molecule has 2 atom stereocenters. The lowest BCUT2D eigenvalue weighted by atomic mass is 9.83. The van der Waals surface area contributed by atoms with Gasteiger partial charge in [-0.25, -0.2) is 0 Å². The highest BCUT2D eigenvalue weighted by molar-refractivity contribution is 5.76. The smallest absolute Gasteiger partial charge is 0.223 e. The molecule has 1 saturated heterocycles. The van der Waals surface area contributed by atoms with E-state index >= 15 is 0 Å². The first-order valence-corrected chi connectivity index (χ1v) is 7.90. The Kier molecular flexibility index (Phi) is 5.64. The van der Waals surface area contributed by atoms with Crippen LogP contribution in [0, 0.1) is 5.92 Å². The van der Waals surface area contributed by atoms with Crippen LogP contribution in [-0.4, -0.2) is 55.0 Å². The summed E-state index contributed by atoms with van der Waals surface area (Å²) >= 11 is 0. The highest BCUT2D eigenvalue weighted by Gasteiger charge is 2.29. The SMILES string of the molecule is CN(C(=O)CCN1CCCC1)C1CCCCC1CN. The van der Waals surface area contributed by atoms with Gasteiger partial charge >= 0.3 is 0 Å². The van der Waals surface area contributed by atoms with E-state index in [1.54, 1.807) is 0 Å². The zero-order valence-corrected chi connectivity index (χ0v) is 12.3. The van der Waals surface area contributed by atoms with Gasteiger partial charge < -0.3 is 15.5 Å². The molecule has 0 aromatic carbocycles. The van der Waals surface area contributed by atoms with E-state index in [0.717, 1.165) is 13.0 Å². The minimum absolute atomic E-state index is 0.303. The summed E-state index contributed by atoms with van der Waals surface area (Å²) in [6.07, 6.45) is 8.09. The number of hydrogen-bond donors (Lipinski definition) is 1. The number of nitrogens with zero attached hydrogens (tertiary/aromatic N) is 2. The van der Waals surface area contributed by atoms with Crippen molar-refractivity contribution in [3.05, 3.63) is 0 Å². The molecule has 2 fully saturated rings. The van der Waals surface area contributed by atoms with E-state index in [9.17, 15) is 4.79 Å². The van der Waals surface area contributed by atoms with Crippen molar-refractivity contribution in [2.45, 2.75) is 51.0 Å². The summed E-state index contributed by atoms with van der Waals surface area (Å²) in [5, 5.41) is 0. The number of rotatable bonds is 5. The van der Waals surface area contributed by atoms with Gasteiger partial charge in [0.2, 0.25) is 5.91 Å². The van der Waals surface area contributed by atoms with Gasteiger partial charge in [-0.15, -0.1) is 0 Å². The summed E-state index contributed by atoms with van der Waals surface area (Å²) in [4.78, 5) is 16.7. The predicted molar refractivity (Wildman–Crippen MR) is 77.9 cm³/mol. The maximum atomic E-state index is 12.3. The van der Waals surface area contributed by atoms with Crippen molar-refractivity contribution in [2.75, 3.05) is 33.2 Å². The van der Waals surface area contributed by atoms with E-state index in [-0.39, 0.29) is 0 Å². The molecule has 4 nitrogen and oxygen atoms in total. The third kappa shape index (κ3) is 3.93. The Balaban J connectivity index is 1.79. The molecule has 2 unspecified atom stereocenters. The average Bonchev–Trinajstić information content (AvgIpc) is 2.97. The summed E-state index contributed by atoms with van der Waals surface area (Å²) in [5.74, 6) is 0.812. The van der Waals surface area contributed by atoms with Gasteiger partial charge in [0, 0.05) is 26.1 Å². The molecular weight excluding hydrogens is 238 g/mol. The third-order valence-corrected chi connectivity index (χ3v) is 4.90. The van der Waals surface area contributed by atoms with Crippen molar-refractivity contribution < 1.29 is 4.79 Å². The van der Waals surface area contributed by atoms with Gasteiger partial charge in [-0.1, -0.05) is 12.8 Å². The van der Waals surface area contributed by atoms with Crippen molar-refractivity contribution in [2.24, 2.45) is 11.7 Å². The molecule has 1 amide bonds. The highest BCUT2D eigenvalue weighted by Crippen LogP contribution is 2.27. The van der Waals surface area contributed by atoms with Crippen LogP contribution in [-0.2, 0) is 4.79 Å². The molecule has 1 aliphatic carbocycles. The molecule has 2 aliphatic rings. The van der Waals surface area contributed by atoms with E-state index in [4.69, 9.17) is 5.73 Å². The van der Waals surface area contributed by atoms with Gasteiger partial charge in [-0.05, 0) is 51.2 Å². The molecule has 0 radical (unpaired) electrons. The van der Waals surface area contributed by atoms with E-state index in [0.29, 0.717) is 30.8 Å². The van der Waals surface area contributed by atoms with E-state index in [1.807, 2.05) is 11.9 Å². The number of carbonyl (C=O) groups is 1. The molecule has 2 N–H and O–H groups in total. The maximum absolute atomic E-state index is 12.3. The van der Waals surface area contributed by atoms with Crippen LogP contribution in [0.2, 0.25) is 0 Å². The average molecular weight is 267 g/mol. The summed E-state index contributed by atoms with van der Waals surface area (Å²) in [5.41, 5.74) is 5.86. The molecule has 4 heteroatoms. The minimum Gasteiger partial charge on any atom is -0.342 e. The molecule has 1 saturated carbocycles. The topological polar surface area (TPSA) is 49.6 Å². The normalized spacial score (nSPS) is 28.5. The van der Waals surface area contributed by atoms with Crippen molar-refractivity contribution in [1.29, 1.82) is 0 Å². The van der Waals surface area contributed by atoms with Crippen LogP contribution >= 0.6 is 0 Å². The Morgan fingerprint density at radius 1 is 1.21 bits per heavy atom. The molecule has 0 aromatic heterocycles. The second kappa shape index (κ2) is 7.25. The number of likely N-dealkylation sites (tertiary alicyclic amines) is 1. The lowest BCUT2D eigenvalue weighted by Gasteiger charge is -2.37. The molecule has 1 aliphatic heterocycles. The minimum atomic E-state index is 0.303. The third-order valence-electron chi connectivity index (χ3n) is 4.90. The van der Waals surface area contributed by atoms with Gasteiger partial charge in [-0.3, -0.25) is 4.79 Å². The summed E-state index contributed by atoms with van der Waals surface area (Å²) in [7, 11) is 1.98. The molecule has 19 heavy (non-hydrogen) atoms. The first-order chi connectivity index (χ1) is 9.22. The van der Waals surface area contributed by atoms with Gasteiger partial charge in [0.15, 0.2) is 0 Å². The largest absolute Gasteiger partial charge is 0.342 e. The molecular formula is C15H29N3O. The summed E-state index contributed by atoms with van der Waals surface area (Å²) < 4.78 is 0.